The zero-order valence-corrected chi connectivity index (χ0v) is 19.6. The number of thiocarbonyl (C=S) groups is 1. The second-order valence-electron chi connectivity index (χ2n) is 8.18. The van der Waals surface area contributed by atoms with E-state index in [1.807, 2.05) is 37.3 Å². The number of hydrogen-bond acceptors (Lipinski definition) is 4. The van der Waals surface area contributed by atoms with E-state index in [0.29, 0.717) is 12.3 Å². The quantitative estimate of drug-likeness (QED) is 0.430. The van der Waals surface area contributed by atoms with Crippen LogP contribution in [-0.4, -0.2) is 33.8 Å². The molecule has 0 fully saturated rings. The van der Waals surface area contributed by atoms with Gasteiger partial charge in [-0.1, -0.05) is 62.3 Å². The molecule has 29 heavy (non-hydrogen) atoms. The number of benzene rings is 1. The van der Waals surface area contributed by atoms with Crippen molar-refractivity contribution in [2.75, 3.05) is 13.1 Å². The first-order chi connectivity index (χ1) is 13.5. The molecule has 0 aliphatic heterocycles. The van der Waals surface area contributed by atoms with Crippen molar-refractivity contribution < 1.29 is 9.59 Å². The van der Waals surface area contributed by atoms with Crippen molar-refractivity contribution >= 4 is 40.0 Å². The molecule has 1 aromatic carbocycles. The number of thioether (sulfide) groups is 1. The van der Waals surface area contributed by atoms with Crippen LogP contribution in [0.1, 0.15) is 53.0 Å². The monoisotopic (exact) mass is 432 g/mol. The van der Waals surface area contributed by atoms with Gasteiger partial charge in [-0.05, 0) is 38.7 Å². The molecule has 6 heteroatoms. The number of carbonyl (C=O) groups is 2. The highest BCUT2D eigenvalue weighted by molar-refractivity contribution is 8.24. The summed E-state index contributed by atoms with van der Waals surface area (Å²) >= 11 is 7.21. The predicted molar refractivity (Wildman–Crippen MR) is 127 cm³/mol. The van der Waals surface area contributed by atoms with Crippen molar-refractivity contribution in [2.45, 2.75) is 52.2 Å². The Morgan fingerprint density at radius 3 is 2.34 bits per heavy atom. The minimum Gasteiger partial charge on any atom is -0.355 e. The van der Waals surface area contributed by atoms with Crippen LogP contribution in [0.5, 0.6) is 0 Å². The zero-order valence-electron chi connectivity index (χ0n) is 18.0. The largest absolute Gasteiger partial charge is 0.355 e. The smallest absolute Gasteiger partial charge is 0.227 e. The van der Waals surface area contributed by atoms with Gasteiger partial charge in [0.1, 0.15) is 0 Å². The van der Waals surface area contributed by atoms with E-state index in [1.165, 1.54) is 0 Å². The minimum atomic E-state index is -0.667. The Bertz CT molecular complexity index is 754. The molecule has 158 valence electrons. The predicted octanol–water partition coefficient (Wildman–Crippen LogP) is 4.18. The van der Waals surface area contributed by atoms with Gasteiger partial charge < -0.3 is 10.6 Å². The summed E-state index contributed by atoms with van der Waals surface area (Å²) in [7, 11) is 0. The number of carbonyl (C=O) groups excluding carboxylic acids is 2. The van der Waals surface area contributed by atoms with Crippen LogP contribution in [0, 0.1) is 23.7 Å². The van der Waals surface area contributed by atoms with Gasteiger partial charge in [-0.2, -0.15) is 0 Å². The van der Waals surface area contributed by atoms with E-state index >= 15 is 0 Å². The van der Waals surface area contributed by atoms with Crippen LogP contribution in [0.3, 0.4) is 0 Å². The molecular formula is C23H32N2O2S2. The summed E-state index contributed by atoms with van der Waals surface area (Å²) in [6, 6.07) is 9.85. The first-order valence-electron chi connectivity index (χ1n) is 9.80. The Morgan fingerprint density at radius 1 is 1.17 bits per heavy atom. The van der Waals surface area contributed by atoms with E-state index < -0.39 is 10.2 Å². The van der Waals surface area contributed by atoms with E-state index in [4.69, 9.17) is 18.6 Å². The van der Waals surface area contributed by atoms with Crippen LogP contribution >= 0.6 is 24.0 Å². The fraction of sp³-hybridized carbons (Fsp3) is 0.522. The molecule has 0 aromatic heterocycles. The van der Waals surface area contributed by atoms with Gasteiger partial charge in [0.15, 0.2) is 0 Å². The molecular weight excluding hydrogens is 400 g/mol. The van der Waals surface area contributed by atoms with Gasteiger partial charge in [-0.25, -0.2) is 0 Å². The van der Waals surface area contributed by atoms with Crippen LogP contribution in [0.4, 0.5) is 0 Å². The Labute approximate surface area is 185 Å². The van der Waals surface area contributed by atoms with Crippen LogP contribution in [0.25, 0.3) is 0 Å². The Kier molecular flexibility index (Phi) is 9.88. The summed E-state index contributed by atoms with van der Waals surface area (Å²) in [5.41, 5.74) is 0.318. The van der Waals surface area contributed by atoms with Gasteiger partial charge in [-0.15, -0.1) is 18.2 Å². The molecule has 0 radical (unpaired) electrons. The second kappa shape index (κ2) is 11.4. The summed E-state index contributed by atoms with van der Waals surface area (Å²) in [6.45, 7) is 10.8. The molecule has 1 atom stereocenters. The molecule has 4 nitrogen and oxygen atoms in total. The lowest BCUT2D eigenvalue weighted by atomic mass is 9.71. The lowest BCUT2D eigenvalue weighted by Gasteiger charge is -2.43. The fourth-order valence-corrected chi connectivity index (χ4v) is 5.01. The molecule has 0 aliphatic rings. The lowest BCUT2D eigenvalue weighted by molar-refractivity contribution is -0.132. The van der Waals surface area contributed by atoms with Crippen molar-refractivity contribution in [3.8, 4) is 12.3 Å². The third-order valence-electron chi connectivity index (χ3n) is 5.03. The molecule has 2 N–H and O–H groups in total. The maximum Gasteiger partial charge on any atom is 0.227 e. The fourth-order valence-electron chi connectivity index (χ4n) is 3.13. The number of rotatable bonds is 10. The maximum absolute atomic E-state index is 13.2. The summed E-state index contributed by atoms with van der Waals surface area (Å²) in [5.74, 6) is 2.45. The Morgan fingerprint density at radius 2 is 1.79 bits per heavy atom. The topological polar surface area (TPSA) is 58.2 Å². The third-order valence-corrected chi connectivity index (χ3v) is 6.90. The number of hydrogen-bond donors (Lipinski definition) is 2. The number of terminal acetylenes is 1. The maximum atomic E-state index is 13.2. The van der Waals surface area contributed by atoms with Crippen molar-refractivity contribution in [2.24, 2.45) is 11.3 Å². The molecule has 0 aliphatic carbocycles. The summed E-state index contributed by atoms with van der Waals surface area (Å²) in [5, 5.41) is 5.55. The standard InChI is InChI=1S/C23H32N2O2S2/c1-7-14-24-19(26)13-15-25-21(27)23(6,16-17(2)3)22(4,5)29-20(28)18-11-9-8-10-12-18/h1,8-12,17H,13-16H2,2-6H3,(H,24,26)(H,25,27). The molecule has 0 spiro atoms. The van der Waals surface area contributed by atoms with E-state index in [-0.39, 0.29) is 31.3 Å². The highest BCUT2D eigenvalue weighted by Crippen LogP contribution is 2.47. The van der Waals surface area contributed by atoms with Gasteiger partial charge in [-0.3, -0.25) is 9.59 Å². The van der Waals surface area contributed by atoms with Gasteiger partial charge in [0.25, 0.3) is 0 Å². The van der Waals surface area contributed by atoms with Crippen molar-refractivity contribution in [3.05, 3.63) is 35.9 Å². The van der Waals surface area contributed by atoms with Gasteiger partial charge in [0.2, 0.25) is 11.8 Å². The molecule has 0 heterocycles. The summed E-state index contributed by atoms with van der Waals surface area (Å²) in [6.07, 6.45) is 6.04. The molecule has 0 saturated heterocycles. The highest BCUT2D eigenvalue weighted by Gasteiger charge is 2.48. The van der Waals surface area contributed by atoms with Gasteiger partial charge >= 0.3 is 0 Å². The van der Waals surface area contributed by atoms with Crippen LogP contribution in [0.2, 0.25) is 0 Å². The number of amides is 2. The first kappa shape index (κ1) is 25.2. The molecule has 1 rings (SSSR count). The van der Waals surface area contributed by atoms with Crippen molar-refractivity contribution in [1.29, 1.82) is 0 Å². The molecule has 1 aromatic rings. The molecule has 2 amide bonds. The normalized spacial score (nSPS) is 13.3. The van der Waals surface area contributed by atoms with Crippen LogP contribution in [0.15, 0.2) is 30.3 Å². The SMILES string of the molecule is C#CCNC(=O)CCNC(=O)C(C)(CC(C)C)C(C)(C)SC(=S)c1ccccc1. The van der Waals surface area contributed by atoms with Crippen molar-refractivity contribution in [1.82, 2.24) is 10.6 Å². The Balaban J connectivity index is 2.90. The molecule has 1 unspecified atom stereocenters. The van der Waals surface area contributed by atoms with E-state index in [9.17, 15) is 9.59 Å². The lowest BCUT2D eigenvalue weighted by Crippen LogP contribution is -2.52. The second-order valence-corrected chi connectivity index (χ2v) is 10.5. The average molecular weight is 433 g/mol. The zero-order chi connectivity index (χ0) is 22.1. The molecule has 0 saturated carbocycles. The van der Waals surface area contributed by atoms with E-state index in [2.05, 4.69) is 44.2 Å². The summed E-state index contributed by atoms with van der Waals surface area (Å²) < 4.78 is 0.326. The Hall–Kier alpha value is -1.84. The van der Waals surface area contributed by atoms with Crippen LogP contribution < -0.4 is 10.6 Å². The van der Waals surface area contributed by atoms with Crippen LogP contribution in [-0.2, 0) is 9.59 Å². The highest BCUT2D eigenvalue weighted by atomic mass is 32.2. The van der Waals surface area contributed by atoms with Gasteiger partial charge in [0.05, 0.1) is 16.2 Å². The third kappa shape index (κ3) is 7.49. The first-order valence-corrected chi connectivity index (χ1v) is 11.0. The number of nitrogens with one attached hydrogen (secondary N) is 2. The van der Waals surface area contributed by atoms with E-state index in [0.717, 1.165) is 9.76 Å². The van der Waals surface area contributed by atoms with Crippen molar-refractivity contribution in [3.63, 3.8) is 0 Å². The average Bonchev–Trinajstić information content (AvgIpc) is 2.65. The molecule has 0 bridgehead atoms. The minimum absolute atomic E-state index is 0.0655. The van der Waals surface area contributed by atoms with E-state index in [1.54, 1.807) is 11.8 Å². The van der Waals surface area contributed by atoms with Gasteiger partial charge in [0, 0.05) is 17.7 Å². The summed E-state index contributed by atoms with van der Waals surface area (Å²) in [4.78, 5) is 25.0.